The molecular formula is C27H27ClN4O5. The van der Waals surface area contributed by atoms with E-state index in [4.69, 9.17) is 26.8 Å². The van der Waals surface area contributed by atoms with E-state index < -0.39 is 6.10 Å². The summed E-state index contributed by atoms with van der Waals surface area (Å²) in [4.78, 5) is 20.2. The maximum absolute atomic E-state index is 12.8. The summed E-state index contributed by atoms with van der Waals surface area (Å²) in [5.41, 5.74) is 8.47. The number of carbonyl (C=O) groups is 1. The lowest BCUT2D eigenvalue weighted by atomic mass is 9.97. The molecule has 4 aromatic rings. The van der Waals surface area contributed by atoms with Gasteiger partial charge in [-0.05, 0) is 37.1 Å². The van der Waals surface area contributed by atoms with Crippen molar-refractivity contribution in [3.05, 3.63) is 77.1 Å². The number of carbonyl (C=O) groups excluding carboxylic acids is 1. The number of rotatable bonds is 7. The molecule has 10 heteroatoms. The van der Waals surface area contributed by atoms with Crippen molar-refractivity contribution >= 4 is 39.9 Å². The minimum absolute atomic E-state index is 0.0622. The molecule has 3 atom stereocenters. The number of aromatic amines is 1. The highest BCUT2D eigenvalue weighted by atomic mass is 35.5. The number of para-hydroxylation sites is 1. The van der Waals surface area contributed by atoms with Gasteiger partial charge in [0.1, 0.15) is 23.3 Å². The Morgan fingerprint density at radius 3 is 2.73 bits per heavy atom. The number of nitrogens with one attached hydrogen (secondary N) is 2. The van der Waals surface area contributed by atoms with Gasteiger partial charge in [0.15, 0.2) is 0 Å². The Morgan fingerprint density at radius 1 is 1.22 bits per heavy atom. The number of nitrogens with zero attached hydrogens (tertiary/aromatic N) is 1. The molecule has 1 fully saturated rings. The molecule has 192 valence electrons. The summed E-state index contributed by atoms with van der Waals surface area (Å²) in [5, 5.41) is 24.1. The van der Waals surface area contributed by atoms with Crippen molar-refractivity contribution in [2.75, 3.05) is 24.3 Å². The Hall–Kier alpha value is -3.63. The van der Waals surface area contributed by atoms with Crippen LogP contribution < -0.4 is 15.8 Å². The number of aliphatic hydroxyl groups is 2. The van der Waals surface area contributed by atoms with Gasteiger partial charge in [0.2, 0.25) is 5.91 Å². The minimum atomic E-state index is -1.11. The Kier molecular flexibility index (Phi) is 7.29. The largest absolute Gasteiger partial charge is 0.457 e. The Balaban J connectivity index is 1.37. The summed E-state index contributed by atoms with van der Waals surface area (Å²) < 4.78 is 11.3. The van der Waals surface area contributed by atoms with Crippen LogP contribution in [0.3, 0.4) is 0 Å². The predicted octanol–water partition coefficient (Wildman–Crippen LogP) is 4.40. The van der Waals surface area contributed by atoms with Gasteiger partial charge in [-0.3, -0.25) is 4.79 Å². The summed E-state index contributed by atoms with van der Waals surface area (Å²) >= 11 is 6.52. The lowest BCUT2D eigenvalue weighted by Gasteiger charge is -2.27. The molecule has 3 heterocycles. The van der Waals surface area contributed by atoms with Crippen LogP contribution in [-0.4, -0.2) is 45.4 Å². The molecular weight excluding hydrogens is 496 g/mol. The van der Waals surface area contributed by atoms with Crippen molar-refractivity contribution in [2.24, 2.45) is 5.92 Å². The number of hydrogen-bond donors (Lipinski definition) is 5. The highest BCUT2D eigenvalue weighted by Crippen LogP contribution is 2.38. The van der Waals surface area contributed by atoms with Gasteiger partial charge in [0.25, 0.3) is 0 Å². The molecule has 0 radical (unpaired) electrons. The first-order valence-corrected chi connectivity index (χ1v) is 12.3. The molecule has 6 N–H and O–H groups in total. The summed E-state index contributed by atoms with van der Waals surface area (Å²) in [6.45, 7) is 0.163. The van der Waals surface area contributed by atoms with Crippen molar-refractivity contribution in [3.63, 3.8) is 0 Å². The zero-order chi connectivity index (χ0) is 25.9. The van der Waals surface area contributed by atoms with Crippen molar-refractivity contribution in [1.82, 2.24) is 9.97 Å². The standard InChI is InChI=1S/C27H27ClN4O5/c28-21-10-17(37-16-4-2-1-3-5-16)8-9-19(21)25(34)20-11-30-26-23(20)24(29)22(12-31-26)32-27(35)15-6-7-18(13-33)36-14-15/h1-5,8-12,15,18,25,33-34H,6-7,13-14H2,(H,32,35)(H3,29,30,31)/t15?,18-,25?/m1/s1. The van der Waals surface area contributed by atoms with E-state index in [0.717, 1.165) is 0 Å². The van der Waals surface area contributed by atoms with E-state index in [1.165, 1.54) is 6.20 Å². The number of amides is 1. The number of anilines is 2. The summed E-state index contributed by atoms with van der Waals surface area (Å²) in [6.07, 6.45) is 2.96. The van der Waals surface area contributed by atoms with Crippen LogP contribution in [0.2, 0.25) is 5.02 Å². The number of ether oxygens (including phenoxy) is 2. The smallest absolute Gasteiger partial charge is 0.229 e. The molecule has 1 amide bonds. The number of H-pyrrole nitrogens is 1. The third-order valence-electron chi connectivity index (χ3n) is 6.51. The topological polar surface area (TPSA) is 143 Å². The van der Waals surface area contributed by atoms with Crippen LogP contribution in [0.25, 0.3) is 11.0 Å². The van der Waals surface area contributed by atoms with Gasteiger partial charge in [-0.25, -0.2) is 4.98 Å². The van der Waals surface area contributed by atoms with E-state index in [1.54, 1.807) is 24.4 Å². The van der Waals surface area contributed by atoms with Gasteiger partial charge in [0, 0.05) is 22.7 Å². The second-order valence-electron chi connectivity index (χ2n) is 8.96. The van der Waals surface area contributed by atoms with Gasteiger partial charge < -0.3 is 35.7 Å². The molecule has 1 saturated heterocycles. The Morgan fingerprint density at radius 2 is 2.03 bits per heavy atom. The monoisotopic (exact) mass is 522 g/mol. The number of pyridine rings is 1. The van der Waals surface area contributed by atoms with Gasteiger partial charge >= 0.3 is 0 Å². The molecule has 2 aromatic heterocycles. The lowest BCUT2D eigenvalue weighted by Crippen LogP contribution is -2.35. The second kappa shape index (κ2) is 10.8. The third-order valence-corrected chi connectivity index (χ3v) is 6.84. The second-order valence-corrected chi connectivity index (χ2v) is 9.36. The first-order chi connectivity index (χ1) is 17.9. The van der Waals surface area contributed by atoms with E-state index in [-0.39, 0.29) is 36.8 Å². The fourth-order valence-corrected chi connectivity index (χ4v) is 4.71. The molecule has 0 bridgehead atoms. The highest BCUT2D eigenvalue weighted by Gasteiger charge is 2.28. The number of fused-ring (bicyclic) bond motifs is 1. The average Bonchev–Trinajstić information content (AvgIpc) is 3.36. The van der Waals surface area contributed by atoms with Crippen LogP contribution in [0.5, 0.6) is 11.5 Å². The molecule has 0 spiro atoms. The first-order valence-electron chi connectivity index (χ1n) is 11.9. The van der Waals surface area contributed by atoms with Crippen LogP contribution in [0.1, 0.15) is 30.1 Å². The minimum Gasteiger partial charge on any atom is -0.457 e. The fourth-order valence-electron chi connectivity index (χ4n) is 4.44. The molecule has 2 aromatic carbocycles. The molecule has 37 heavy (non-hydrogen) atoms. The van der Waals surface area contributed by atoms with Crippen LogP contribution in [0, 0.1) is 5.92 Å². The number of hydrogen-bond acceptors (Lipinski definition) is 7. The Bertz CT molecular complexity index is 1400. The molecule has 2 unspecified atom stereocenters. The van der Waals surface area contributed by atoms with Crippen molar-refractivity contribution in [2.45, 2.75) is 25.0 Å². The van der Waals surface area contributed by atoms with E-state index in [0.29, 0.717) is 57.2 Å². The summed E-state index contributed by atoms with van der Waals surface area (Å²) in [5.74, 6) is 0.614. The maximum Gasteiger partial charge on any atom is 0.229 e. The zero-order valence-corrected chi connectivity index (χ0v) is 20.6. The summed E-state index contributed by atoms with van der Waals surface area (Å²) in [7, 11) is 0. The third kappa shape index (κ3) is 5.26. The number of halogens is 1. The van der Waals surface area contributed by atoms with Gasteiger partial charge in [-0.15, -0.1) is 0 Å². The van der Waals surface area contributed by atoms with Crippen LogP contribution in [0.15, 0.2) is 60.9 Å². The van der Waals surface area contributed by atoms with E-state index in [2.05, 4.69) is 15.3 Å². The lowest BCUT2D eigenvalue weighted by molar-refractivity contribution is -0.127. The van der Waals surface area contributed by atoms with Crippen LogP contribution >= 0.6 is 11.6 Å². The number of nitrogen functional groups attached to an aromatic ring is 1. The van der Waals surface area contributed by atoms with Crippen molar-refractivity contribution in [1.29, 1.82) is 0 Å². The number of benzene rings is 2. The van der Waals surface area contributed by atoms with Gasteiger partial charge in [-0.2, -0.15) is 0 Å². The maximum atomic E-state index is 12.8. The van der Waals surface area contributed by atoms with Gasteiger partial charge in [-0.1, -0.05) is 35.9 Å². The van der Waals surface area contributed by atoms with Crippen molar-refractivity contribution in [3.8, 4) is 11.5 Å². The number of aromatic nitrogens is 2. The SMILES string of the molecule is Nc1c(NC(=O)C2CC[C@H](CO)OC2)cnc2[nH]cc(C(O)c3ccc(Oc4ccccc4)cc3Cl)c12. The average molecular weight is 523 g/mol. The molecule has 1 aliphatic rings. The number of nitrogens with two attached hydrogens (primary N) is 1. The fraction of sp³-hybridized carbons (Fsp3) is 0.259. The molecule has 0 saturated carbocycles. The highest BCUT2D eigenvalue weighted by molar-refractivity contribution is 6.31. The quantitative estimate of drug-likeness (QED) is 0.242. The van der Waals surface area contributed by atoms with Crippen LogP contribution in [-0.2, 0) is 9.53 Å². The van der Waals surface area contributed by atoms with Crippen LogP contribution in [0.4, 0.5) is 11.4 Å². The Labute approximate surface area is 218 Å². The normalized spacial score (nSPS) is 18.5. The van der Waals surface area contributed by atoms with E-state index in [1.807, 2.05) is 30.3 Å². The summed E-state index contributed by atoms with van der Waals surface area (Å²) in [6, 6.07) is 14.4. The zero-order valence-electron chi connectivity index (χ0n) is 19.9. The van der Waals surface area contributed by atoms with E-state index >= 15 is 0 Å². The molecule has 5 rings (SSSR count). The van der Waals surface area contributed by atoms with E-state index in [9.17, 15) is 15.0 Å². The molecule has 9 nitrogen and oxygen atoms in total. The first kappa shape index (κ1) is 25.0. The number of aliphatic hydroxyl groups excluding tert-OH is 2. The van der Waals surface area contributed by atoms with Gasteiger partial charge in [0.05, 0.1) is 47.8 Å². The molecule has 0 aliphatic carbocycles. The van der Waals surface area contributed by atoms with Crippen molar-refractivity contribution < 1.29 is 24.5 Å². The predicted molar refractivity (Wildman–Crippen MR) is 141 cm³/mol. The molecule has 1 aliphatic heterocycles.